The molecule has 10 heteroatoms. The number of aromatic nitrogens is 2. The van der Waals surface area contributed by atoms with E-state index in [1.54, 1.807) is 12.1 Å². The molecule has 0 spiro atoms. The van der Waals surface area contributed by atoms with E-state index in [4.69, 9.17) is 5.14 Å². The molecular formula is C19H19N5O4S. The lowest BCUT2D eigenvalue weighted by Crippen LogP contribution is -2.32. The molecule has 2 heterocycles. The van der Waals surface area contributed by atoms with Gasteiger partial charge in [0.15, 0.2) is 5.82 Å². The summed E-state index contributed by atoms with van der Waals surface area (Å²) in [6.45, 7) is 0.476. The van der Waals surface area contributed by atoms with Gasteiger partial charge in [-0.1, -0.05) is 24.3 Å². The maximum Gasteiger partial charge on any atom is 0.238 e. The number of rotatable bonds is 5. The highest BCUT2D eigenvalue weighted by Crippen LogP contribution is 2.29. The van der Waals surface area contributed by atoms with E-state index in [1.807, 2.05) is 24.3 Å². The van der Waals surface area contributed by atoms with Gasteiger partial charge in [-0.25, -0.2) is 13.6 Å². The van der Waals surface area contributed by atoms with Crippen molar-refractivity contribution in [3.63, 3.8) is 0 Å². The van der Waals surface area contributed by atoms with Crippen molar-refractivity contribution in [2.45, 2.75) is 17.9 Å². The third-order valence-electron chi connectivity index (χ3n) is 4.92. The number of H-pyrrole nitrogens is 1. The monoisotopic (exact) mass is 413 g/mol. The Morgan fingerprint density at radius 1 is 1.21 bits per heavy atom. The fourth-order valence-electron chi connectivity index (χ4n) is 3.37. The number of nitrogens with two attached hydrogens (primary N) is 1. The zero-order valence-corrected chi connectivity index (χ0v) is 16.1. The van der Waals surface area contributed by atoms with Crippen molar-refractivity contribution in [3.8, 4) is 0 Å². The summed E-state index contributed by atoms with van der Waals surface area (Å²) < 4.78 is 22.6. The number of fused-ring (bicyclic) bond motifs is 1. The summed E-state index contributed by atoms with van der Waals surface area (Å²) in [5, 5.41) is 15.8. The number of nitrogens with zero attached hydrogens (tertiary/aromatic N) is 2. The van der Waals surface area contributed by atoms with Crippen molar-refractivity contribution < 1.29 is 18.0 Å². The highest BCUT2D eigenvalue weighted by molar-refractivity contribution is 7.89. The summed E-state index contributed by atoms with van der Waals surface area (Å²) >= 11 is 0. The van der Waals surface area contributed by atoms with Crippen LogP contribution in [-0.4, -0.2) is 37.0 Å². The number of aromatic amines is 1. The summed E-state index contributed by atoms with van der Waals surface area (Å²) in [7, 11) is -3.75. The zero-order chi connectivity index (χ0) is 20.6. The predicted molar refractivity (Wildman–Crippen MR) is 106 cm³/mol. The molecule has 2 aromatic carbocycles. The first-order chi connectivity index (χ1) is 13.8. The topological polar surface area (TPSA) is 138 Å². The minimum absolute atomic E-state index is 0.0100. The lowest BCUT2D eigenvalue weighted by atomic mass is 10.1. The molecule has 1 saturated heterocycles. The molecule has 150 valence electrons. The molecule has 1 fully saturated rings. The van der Waals surface area contributed by atoms with Gasteiger partial charge in [0.1, 0.15) is 0 Å². The Morgan fingerprint density at radius 2 is 1.93 bits per heavy atom. The van der Waals surface area contributed by atoms with Gasteiger partial charge in [-0.05, 0) is 29.8 Å². The number of primary sulfonamides is 1. The second kappa shape index (κ2) is 7.30. The average molecular weight is 413 g/mol. The second-order valence-electron chi connectivity index (χ2n) is 6.90. The van der Waals surface area contributed by atoms with Gasteiger partial charge in [0.2, 0.25) is 21.8 Å². The van der Waals surface area contributed by atoms with Crippen molar-refractivity contribution in [2.24, 2.45) is 11.1 Å². The molecule has 0 saturated carbocycles. The Hall–Kier alpha value is -3.24. The van der Waals surface area contributed by atoms with Crippen molar-refractivity contribution in [2.75, 3.05) is 11.4 Å². The SMILES string of the molecule is NS(=O)(=O)c1ccc(CNC(=O)[C@@H]2CC(=O)N(c3n[nH]c4ccccc34)C2)cc1. The maximum absolute atomic E-state index is 12.5. The average Bonchev–Trinajstić information content (AvgIpc) is 3.29. The number of carbonyl (C=O) groups excluding carboxylic acids is 2. The number of para-hydroxylation sites is 1. The molecule has 1 aliphatic heterocycles. The number of nitrogens with one attached hydrogen (secondary N) is 2. The Labute approximate surface area is 166 Å². The summed E-state index contributed by atoms with van der Waals surface area (Å²) in [6, 6.07) is 13.4. The molecule has 4 N–H and O–H groups in total. The summed E-state index contributed by atoms with van der Waals surface area (Å²) in [5.74, 6) is -0.350. The van der Waals surface area contributed by atoms with Crippen molar-refractivity contribution in [3.05, 3.63) is 54.1 Å². The Balaban J connectivity index is 1.41. The number of anilines is 1. The van der Waals surface area contributed by atoms with Crippen LogP contribution in [0.25, 0.3) is 10.9 Å². The minimum atomic E-state index is -3.75. The number of benzene rings is 2. The number of carbonyl (C=O) groups is 2. The van der Waals surface area contributed by atoms with Crippen LogP contribution >= 0.6 is 0 Å². The fraction of sp³-hybridized carbons (Fsp3) is 0.211. The largest absolute Gasteiger partial charge is 0.352 e. The second-order valence-corrected chi connectivity index (χ2v) is 8.47. The molecule has 2 amide bonds. The third-order valence-corrected chi connectivity index (χ3v) is 5.85. The number of sulfonamides is 1. The van der Waals surface area contributed by atoms with E-state index in [1.165, 1.54) is 17.0 Å². The highest BCUT2D eigenvalue weighted by Gasteiger charge is 2.36. The summed E-state index contributed by atoms with van der Waals surface area (Å²) in [5.41, 5.74) is 1.55. The zero-order valence-electron chi connectivity index (χ0n) is 15.3. The standard InChI is InChI=1S/C19H19N5O4S/c20-29(27,28)14-7-5-12(6-8-14)10-21-19(26)13-9-17(25)24(11-13)18-15-3-1-2-4-16(15)22-23-18/h1-8,13H,9-11H2,(H,21,26)(H,22,23)(H2,20,27,28)/t13-/m1/s1. The van der Waals surface area contributed by atoms with Gasteiger partial charge in [0.05, 0.1) is 16.3 Å². The van der Waals surface area contributed by atoms with Crippen molar-refractivity contribution in [1.82, 2.24) is 15.5 Å². The van der Waals surface area contributed by atoms with E-state index < -0.39 is 15.9 Å². The van der Waals surface area contributed by atoms with E-state index >= 15 is 0 Å². The number of amides is 2. The normalized spacial score (nSPS) is 17.1. The van der Waals surface area contributed by atoms with Crippen LogP contribution in [0, 0.1) is 5.92 Å². The fourth-order valence-corrected chi connectivity index (χ4v) is 3.89. The summed E-state index contributed by atoms with van der Waals surface area (Å²) in [4.78, 5) is 26.5. The van der Waals surface area contributed by atoms with Gasteiger partial charge in [0.25, 0.3) is 0 Å². The van der Waals surface area contributed by atoms with Crippen LogP contribution in [0.15, 0.2) is 53.4 Å². The van der Waals surface area contributed by atoms with Crippen LogP contribution < -0.4 is 15.4 Å². The number of hydrogen-bond donors (Lipinski definition) is 3. The molecular weight excluding hydrogens is 394 g/mol. The van der Waals surface area contributed by atoms with Gasteiger partial charge >= 0.3 is 0 Å². The molecule has 3 aromatic rings. The molecule has 9 nitrogen and oxygen atoms in total. The minimum Gasteiger partial charge on any atom is -0.352 e. The smallest absolute Gasteiger partial charge is 0.238 e. The summed E-state index contributed by atoms with van der Waals surface area (Å²) in [6.07, 6.45) is 0.109. The van der Waals surface area contributed by atoms with Crippen LogP contribution in [0.3, 0.4) is 0 Å². The molecule has 1 aliphatic rings. The van der Waals surface area contributed by atoms with Gasteiger partial charge in [-0.3, -0.25) is 19.6 Å². The first-order valence-electron chi connectivity index (χ1n) is 8.96. The molecule has 1 aromatic heterocycles. The first-order valence-corrected chi connectivity index (χ1v) is 10.5. The molecule has 0 unspecified atom stereocenters. The van der Waals surface area contributed by atoms with E-state index in [0.29, 0.717) is 5.82 Å². The van der Waals surface area contributed by atoms with Crippen LogP contribution in [0.5, 0.6) is 0 Å². The Bertz CT molecular complexity index is 1190. The molecule has 0 radical (unpaired) electrons. The molecule has 0 bridgehead atoms. The van der Waals surface area contributed by atoms with E-state index in [0.717, 1.165) is 16.5 Å². The van der Waals surface area contributed by atoms with Gasteiger partial charge in [-0.15, -0.1) is 0 Å². The third kappa shape index (κ3) is 3.84. The van der Waals surface area contributed by atoms with Crippen molar-refractivity contribution in [1.29, 1.82) is 0 Å². The van der Waals surface area contributed by atoms with Gasteiger partial charge < -0.3 is 5.32 Å². The van der Waals surface area contributed by atoms with Gasteiger partial charge in [-0.2, -0.15) is 5.10 Å². The van der Waals surface area contributed by atoms with E-state index in [2.05, 4.69) is 15.5 Å². The molecule has 4 rings (SSSR count). The lowest BCUT2D eigenvalue weighted by Gasteiger charge is -2.14. The molecule has 29 heavy (non-hydrogen) atoms. The Morgan fingerprint density at radius 3 is 2.66 bits per heavy atom. The number of hydrogen-bond acceptors (Lipinski definition) is 5. The van der Waals surface area contributed by atoms with Crippen LogP contribution in [0.1, 0.15) is 12.0 Å². The highest BCUT2D eigenvalue weighted by atomic mass is 32.2. The maximum atomic E-state index is 12.5. The molecule has 1 atom stereocenters. The molecule has 0 aliphatic carbocycles. The van der Waals surface area contributed by atoms with Crippen LogP contribution in [-0.2, 0) is 26.2 Å². The van der Waals surface area contributed by atoms with Crippen molar-refractivity contribution >= 4 is 38.6 Å². The van der Waals surface area contributed by atoms with Gasteiger partial charge in [0, 0.05) is 24.9 Å². The predicted octanol–water partition coefficient (Wildman–Crippen LogP) is 0.880. The van der Waals surface area contributed by atoms with Crippen LogP contribution in [0.2, 0.25) is 0 Å². The lowest BCUT2D eigenvalue weighted by molar-refractivity contribution is -0.126. The first kappa shape index (κ1) is 19.1. The quantitative estimate of drug-likeness (QED) is 0.570. The Kier molecular flexibility index (Phi) is 4.81. The van der Waals surface area contributed by atoms with E-state index in [9.17, 15) is 18.0 Å². The van der Waals surface area contributed by atoms with Crippen LogP contribution in [0.4, 0.5) is 5.82 Å². The van der Waals surface area contributed by atoms with E-state index in [-0.39, 0.29) is 36.2 Å².